The average Bonchev–Trinajstić information content (AvgIpc) is 2.46. The van der Waals surface area contributed by atoms with E-state index in [9.17, 15) is 5.11 Å². The van der Waals surface area contributed by atoms with E-state index in [4.69, 9.17) is 9.47 Å². The Morgan fingerprint density at radius 2 is 1.57 bits per heavy atom. The Hall–Kier alpha value is -2.00. The lowest BCUT2D eigenvalue weighted by Gasteiger charge is -2.28. The van der Waals surface area contributed by atoms with Gasteiger partial charge in [-0.1, -0.05) is 18.2 Å². The second-order valence-electron chi connectivity index (χ2n) is 5.46. The van der Waals surface area contributed by atoms with E-state index >= 15 is 0 Å². The highest BCUT2D eigenvalue weighted by Crippen LogP contribution is 2.38. The summed E-state index contributed by atoms with van der Waals surface area (Å²) in [5.74, 6) is 1.47. The minimum atomic E-state index is -1.13. The minimum absolute atomic E-state index is 0.702. The SMILES string of the molecule is COc1ccc(C(C)(O)c2c(C)cc(C)cc2OC)cc1. The number of rotatable bonds is 4. The summed E-state index contributed by atoms with van der Waals surface area (Å²) >= 11 is 0. The Morgan fingerprint density at radius 1 is 0.952 bits per heavy atom. The Bertz CT molecular complexity index is 628. The standard InChI is InChI=1S/C18H22O3/c1-12-10-13(2)17(16(11-12)21-5)18(3,19)14-6-8-15(20-4)9-7-14/h6-11,19H,1-5H3. The third-order valence-corrected chi connectivity index (χ3v) is 3.80. The third-order valence-electron chi connectivity index (χ3n) is 3.80. The van der Waals surface area contributed by atoms with Crippen LogP contribution in [0.1, 0.15) is 29.2 Å². The van der Waals surface area contributed by atoms with Gasteiger partial charge in [0.2, 0.25) is 0 Å². The molecule has 3 nitrogen and oxygen atoms in total. The molecule has 0 aromatic heterocycles. The fraction of sp³-hybridized carbons (Fsp3) is 0.333. The Morgan fingerprint density at radius 3 is 2.10 bits per heavy atom. The smallest absolute Gasteiger partial charge is 0.125 e. The molecular weight excluding hydrogens is 264 g/mol. The summed E-state index contributed by atoms with van der Waals surface area (Å²) in [5, 5.41) is 11.1. The molecule has 1 atom stereocenters. The Labute approximate surface area is 126 Å². The van der Waals surface area contributed by atoms with Crippen molar-refractivity contribution in [1.82, 2.24) is 0 Å². The molecule has 0 saturated heterocycles. The molecule has 0 radical (unpaired) electrons. The number of methoxy groups -OCH3 is 2. The normalized spacial score (nSPS) is 13.6. The van der Waals surface area contributed by atoms with Crippen LogP contribution in [0.4, 0.5) is 0 Å². The van der Waals surface area contributed by atoms with Crippen molar-refractivity contribution >= 4 is 0 Å². The summed E-state index contributed by atoms with van der Waals surface area (Å²) in [5.41, 5.74) is 2.58. The van der Waals surface area contributed by atoms with Crippen molar-refractivity contribution in [1.29, 1.82) is 0 Å². The molecule has 0 spiro atoms. The van der Waals surface area contributed by atoms with Crippen LogP contribution < -0.4 is 9.47 Å². The van der Waals surface area contributed by atoms with E-state index in [0.717, 1.165) is 28.0 Å². The zero-order valence-electron chi connectivity index (χ0n) is 13.2. The molecule has 1 unspecified atom stereocenters. The van der Waals surface area contributed by atoms with Crippen LogP contribution in [0.3, 0.4) is 0 Å². The predicted molar refractivity (Wildman–Crippen MR) is 84.1 cm³/mol. The molecule has 2 aromatic rings. The minimum Gasteiger partial charge on any atom is -0.497 e. The lowest BCUT2D eigenvalue weighted by molar-refractivity contribution is 0.0981. The molecule has 2 rings (SSSR count). The van der Waals surface area contributed by atoms with Crippen molar-refractivity contribution in [2.24, 2.45) is 0 Å². The maximum atomic E-state index is 11.1. The average molecular weight is 286 g/mol. The molecule has 0 bridgehead atoms. The molecule has 0 amide bonds. The fourth-order valence-corrected chi connectivity index (χ4v) is 2.77. The maximum Gasteiger partial charge on any atom is 0.125 e. The van der Waals surface area contributed by atoms with Gasteiger partial charge in [-0.05, 0) is 55.7 Å². The molecule has 0 aliphatic rings. The van der Waals surface area contributed by atoms with Gasteiger partial charge in [-0.25, -0.2) is 0 Å². The number of hydrogen-bond acceptors (Lipinski definition) is 3. The van der Waals surface area contributed by atoms with Crippen LogP contribution in [-0.4, -0.2) is 19.3 Å². The molecule has 0 aliphatic carbocycles. The molecular formula is C18H22O3. The Balaban J connectivity index is 2.57. The van der Waals surface area contributed by atoms with Crippen molar-refractivity contribution in [3.8, 4) is 11.5 Å². The first kappa shape index (κ1) is 15.4. The number of benzene rings is 2. The molecule has 0 heterocycles. The first-order chi connectivity index (χ1) is 9.90. The van der Waals surface area contributed by atoms with E-state index < -0.39 is 5.60 Å². The summed E-state index contributed by atoms with van der Waals surface area (Å²) in [6.07, 6.45) is 0. The van der Waals surface area contributed by atoms with Crippen LogP contribution in [0.25, 0.3) is 0 Å². The van der Waals surface area contributed by atoms with Gasteiger partial charge in [-0.3, -0.25) is 0 Å². The number of hydrogen-bond donors (Lipinski definition) is 1. The molecule has 1 N–H and O–H groups in total. The molecule has 0 saturated carbocycles. The van der Waals surface area contributed by atoms with E-state index in [2.05, 4.69) is 6.07 Å². The van der Waals surface area contributed by atoms with Gasteiger partial charge in [0.25, 0.3) is 0 Å². The van der Waals surface area contributed by atoms with Crippen LogP contribution in [-0.2, 0) is 5.60 Å². The highest BCUT2D eigenvalue weighted by atomic mass is 16.5. The zero-order valence-corrected chi connectivity index (χ0v) is 13.2. The highest BCUT2D eigenvalue weighted by Gasteiger charge is 2.31. The van der Waals surface area contributed by atoms with Gasteiger partial charge in [0.05, 0.1) is 14.2 Å². The molecule has 3 heteroatoms. The topological polar surface area (TPSA) is 38.7 Å². The molecule has 2 aromatic carbocycles. The summed E-state index contributed by atoms with van der Waals surface area (Å²) in [6, 6.07) is 11.4. The van der Waals surface area contributed by atoms with Crippen molar-refractivity contribution < 1.29 is 14.6 Å². The van der Waals surface area contributed by atoms with Gasteiger partial charge in [0.1, 0.15) is 17.1 Å². The summed E-state index contributed by atoms with van der Waals surface area (Å²) in [4.78, 5) is 0. The molecule has 21 heavy (non-hydrogen) atoms. The summed E-state index contributed by atoms with van der Waals surface area (Å²) < 4.78 is 10.6. The molecule has 112 valence electrons. The van der Waals surface area contributed by atoms with E-state index in [1.807, 2.05) is 44.2 Å². The second-order valence-corrected chi connectivity index (χ2v) is 5.46. The van der Waals surface area contributed by atoms with Crippen LogP contribution in [0, 0.1) is 13.8 Å². The highest BCUT2D eigenvalue weighted by molar-refractivity contribution is 5.51. The maximum absolute atomic E-state index is 11.1. The quantitative estimate of drug-likeness (QED) is 0.933. The van der Waals surface area contributed by atoms with E-state index in [1.54, 1.807) is 21.1 Å². The first-order valence-electron chi connectivity index (χ1n) is 6.92. The second kappa shape index (κ2) is 5.78. The zero-order chi connectivity index (χ0) is 15.6. The molecule has 0 aliphatic heterocycles. The van der Waals surface area contributed by atoms with E-state index in [1.165, 1.54) is 0 Å². The van der Waals surface area contributed by atoms with Crippen molar-refractivity contribution in [3.05, 3.63) is 58.7 Å². The fourth-order valence-electron chi connectivity index (χ4n) is 2.77. The lowest BCUT2D eigenvalue weighted by atomic mass is 9.84. The predicted octanol–water partition coefficient (Wildman–Crippen LogP) is 3.58. The number of ether oxygens (including phenoxy) is 2. The van der Waals surface area contributed by atoms with Crippen LogP contribution in [0.2, 0.25) is 0 Å². The first-order valence-corrected chi connectivity index (χ1v) is 6.92. The van der Waals surface area contributed by atoms with E-state index in [-0.39, 0.29) is 0 Å². The number of aryl methyl sites for hydroxylation is 2. The van der Waals surface area contributed by atoms with Gasteiger partial charge in [-0.2, -0.15) is 0 Å². The van der Waals surface area contributed by atoms with Gasteiger partial charge in [0, 0.05) is 5.56 Å². The lowest BCUT2D eigenvalue weighted by Crippen LogP contribution is -2.25. The summed E-state index contributed by atoms with van der Waals surface area (Å²) in [7, 11) is 3.25. The largest absolute Gasteiger partial charge is 0.497 e. The van der Waals surface area contributed by atoms with Gasteiger partial charge >= 0.3 is 0 Å². The monoisotopic (exact) mass is 286 g/mol. The third kappa shape index (κ3) is 2.88. The van der Waals surface area contributed by atoms with Crippen molar-refractivity contribution in [3.63, 3.8) is 0 Å². The van der Waals surface area contributed by atoms with Crippen molar-refractivity contribution in [2.45, 2.75) is 26.4 Å². The van der Waals surface area contributed by atoms with Gasteiger partial charge < -0.3 is 14.6 Å². The Kier molecular flexibility index (Phi) is 4.24. The van der Waals surface area contributed by atoms with Crippen LogP contribution in [0.5, 0.6) is 11.5 Å². The van der Waals surface area contributed by atoms with Gasteiger partial charge in [-0.15, -0.1) is 0 Å². The van der Waals surface area contributed by atoms with Crippen LogP contribution >= 0.6 is 0 Å². The van der Waals surface area contributed by atoms with Crippen molar-refractivity contribution in [2.75, 3.05) is 14.2 Å². The van der Waals surface area contributed by atoms with Gasteiger partial charge in [0.15, 0.2) is 0 Å². The number of aliphatic hydroxyl groups is 1. The molecule has 0 fully saturated rings. The summed E-state index contributed by atoms with van der Waals surface area (Å²) in [6.45, 7) is 5.79. The van der Waals surface area contributed by atoms with Crippen LogP contribution in [0.15, 0.2) is 36.4 Å². The van der Waals surface area contributed by atoms with E-state index in [0.29, 0.717) is 5.75 Å².